The minimum absolute atomic E-state index is 0.659. The van der Waals surface area contributed by atoms with Gasteiger partial charge in [-0.15, -0.1) is 0 Å². The molecule has 0 saturated carbocycles. The fourth-order valence-corrected chi connectivity index (χ4v) is 1.01. The molecule has 0 bridgehead atoms. The number of nitrogens with two attached hydrogens (primary N) is 1. The van der Waals surface area contributed by atoms with Gasteiger partial charge in [-0.25, -0.2) is 0 Å². The quantitative estimate of drug-likeness (QED) is 0.725. The highest BCUT2D eigenvalue weighted by Gasteiger charge is 1.98. The molecule has 2 N–H and O–H groups in total. The summed E-state index contributed by atoms with van der Waals surface area (Å²) in [7, 11) is 1.98. The normalized spacial score (nSPS) is 12.6. The fraction of sp³-hybridized carbons (Fsp3) is 0.714. The third-order valence-corrected chi connectivity index (χ3v) is 1.89. The van der Waals surface area contributed by atoms with E-state index in [4.69, 9.17) is 28.9 Å². The van der Waals surface area contributed by atoms with E-state index in [9.17, 15) is 0 Å². The number of halogens is 2. The van der Waals surface area contributed by atoms with E-state index in [0.29, 0.717) is 18.1 Å². The lowest BCUT2D eigenvalue weighted by atomic mass is 10.4. The predicted molar refractivity (Wildman–Crippen MR) is 51.0 cm³/mol. The van der Waals surface area contributed by atoms with E-state index in [1.807, 2.05) is 7.05 Å². The Kier molecular flexibility index (Phi) is 7.07. The van der Waals surface area contributed by atoms with Crippen LogP contribution in [-0.2, 0) is 0 Å². The maximum absolute atomic E-state index is 5.70. The third-order valence-electron chi connectivity index (χ3n) is 1.28. The van der Waals surface area contributed by atoms with Crippen LogP contribution in [0.3, 0.4) is 0 Å². The van der Waals surface area contributed by atoms with Crippen molar-refractivity contribution in [1.29, 1.82) is 0 Å². The lowest BCUT2D eigenvalue weighted by molar-refractivity contribution is 0.364. The predicted octanol–water partition coefficient (Wildman–Crippen LogP) is 1.59. The monoisotopic (exact) mass is 196 g/mol. The Bertz CT molecular complexity index is 126. The van der Waals surface area contributed by atoms with Crippen molar-refractivity contribution >= 4 is 23.2 Å². The minimum atomic E-state index is 0.659. The molecule has 4 heteroatoms. The van der Waals surface area contributed by atoms with Crippen molar-refractivity contribution in [2.75, 3.05) is 26.7 Å². The van der Waals surface area contributed by atoms with Gasteiger partial charge in [0.25, 0.3) is 0 Å². The molecule has 0 radical (unpaired) electrons. The molecular weight excluding hydrogens is 183 g/mol. The maximum Gasteiger partial charge on any atom is 0.0434 e. The summed E-state index contributed by atoms with van der Waals surface area (Å²) in [6.07, 6.45) is 0.989. The van der Waals surface area contributed by atoms with Crippen LogP contribution in [0.5, 0.6) is 0 Å². The topological polar surface area (TPSA) is 29.3 Å². The van der Waals surface area contributed by atoms with E-state index in [2.05, 4.69) is 4.90 Å². The van der Waals surface area contributed by atoms with Crippen molar-refractivity contribution in [3.8, 4) is 0 Å². The maximum atomic E-state index is 5.70. The summed E-state index contributed by atoms with van der Waals surface area (Å²) in [6, 6.07) is 0. The number of rotatable bonds is 5. The number of likely N-dealkylation sites (N-methyl/N-ethyl adjacent to an activating group) is 1. The number of hydrogen-bond donors (Lipinski definition) is 1. The minimum Gasteiger partial charge on any atom is -0.330 e. The van der Waals surface area contributed by atoms with Gasteiger partial charge in [0.05, 0.1) is 0 Å². The molecule has 66 valence electrons. The van der Waals surface area contributed by atoms with Crippen LogP contribution in [0.2, 0.25) is 0 Å². The van der Waals surface area contributed by atoms with Crippen molar-refractivity contribution in [3.05, 3.63) is 10.6 Å². The Balaban J connectivity index is 3.43. The van der Waals surface area contributed by atoms with Gasteiger partial charge in [0, 0.05) is 17.1 Å². The Hall–Kier alpha value is 0.240. The van der Waals surface area contributed by atoms with Gasteiger partial charge in [-0.05, 0) is 26.6 Å². The molecule has 0 amide bonds. The van der Waals surface area contributed by atoms with Crippen LogP contribution < -0.4 is 5.73 Å². The standard InChI is InChI=1S/C7H14Cl2N2/c1-11(4-2-3-10)6-7(9)5-8/h5H,2-4,6,10H2,1H3. The summed E-state index contributed by atoms with van der Waals surface area (Å²) in [6.45, 7) is 2.37. The fourth-order valence-electron chi connectivity index (χ4n) is 0.733. The van der Waals surface area contributed by atoms with Crippen molar-refractivity contribution < 1.29 is 0 Å². The van der Waals surface area contributed by atoms with Crippen molar-refractivity contribution in [1.82, 2.24) is 4.90 Å². The number of nitrogens with zero attached hydrogens (tertiary/aromatic N) is 1. The van der Waals surface area contributed by atoms with E-state index >= 15 is 0 Å². The average molecular weight is 197 g/mol. The highest BCUT2D eigenvalue weighted by Crippen LogP contribution is 2.04. The molecule has 0 aliphatic heterocycles. The summed E-state index contributed by atoms with van der Waals surface area (Å²) in [5.41, 5.74) is 6.73. The molecule has 0 rings (SSSR count). The van der Waals surface area contributed by atoms with Crippen LogP contribution in [0.15, 0.2) is 10.6 Å². The number of hydrogen-bond acceptors (Lipinski definition) is 2. The van der Waals surface area contributed by atoms with Crippen LogP contribution in [0.4, 0.5) is 0 Å². The van der Waals surface area contributed by atoms with E-state index < -0.39 is 0 Å². The molecule has 11 heavy (non-hydrogen) atoms. The van der Waals surface area contributed by atoms with Crippen LogP contribution in [0.25, 0.3) is 0 Å². The van der Waals surface area contributed by atoms with Gasteiger partial charge in [0.2, 0.25) is 0 Å². The van der Waals surface area contributed by atoms with Gasteiger partial charge in [-0.2, -0.15) is 0 Å². The summed E-state index contributed by atoms with van der Waals surface area (Å²) in [4.78, 5) is 2.08. The zero-order chi connectivity index (χ0) is 8.69. The van der Waals surface area contributed by atoms with E-state index in [0.717, 1.165) is 13.0 Å². The van der Waals surface area contributed by atoms with Crippen LogP contribution in [0.1, 0.15) is 6.42 Å². The highest BCUT2D eigenvalue weighted by molar-refractivity contribution is 6.36. The van der Waals surface area contributed by atoms with Gasteiger partial charge in [-0.1, -0.05) is 23.2 Å². The molecule has 0 aromatic heterocycles. The lowest BCUT2D eigenvalue weighted by Crippen LogP contribution is -2.22. The first kappa shape index (κ1) is 11.2. The molecule has 0 unspecified atom stereocenters. The lowest BCUT2D eigenvalue weighted by Gasteiger charge is -2.14. The third kappa shape index (κ3) is 6.63. The smallest absolute Gasteiger partial charge is 0.0434 e. The van der Waals surface area contributed by atoms with E-state index in [-0.39, 0.29) is 0 Å². The van der Waals surface area contributed by atoms with Gasteiger partial charge in [-0.3, -0.25) is 0 Å². The van der Waals surface area contributed by atoms with Gasteiger partial charge < -0.3 is 10.6 Å². The molecule has 0 fully saturated rings. The summed E-state index contributed by atoms with van der Waals surface area (Å²) in [5, 5.41) is 0.659. The van der Waals surface area contributed by atoms with Crippen molar-refractivity contribution in [2.45, 2.75) is 6.42 Å². The van der Waals surface area contributed by atoms with Crippen LogP contribution in [0, 0.1) is 0 Å². The first-order valence-corrected chi connectivity index (χ1v) is 4.35. The van der Waals surface area contributed by atoms with Crippen LogP contribution >= 0.6 is 23.2 Å². The summed E-state index contributed by atoms with van der Waals surface area (Å²) in [5.74, 6) is 0. The van der Waals surface area contributed by atoms with Crippen molar-refractivity contribution in [2.24, 2.45) is 5.73 Å². The van der Waals surface area contributed by atoms with Gasteiger partial charge in [0.1, 0.15) is 0 Å². The molecular formula is C7H14Cl2N2. The molecule has 0 atom stereocenters. The molecule has 0 heterocycles. The zero-order valence-corrected chi connectivity index (χ0v) is 8.20. The Morgan fingerprint density at radius 2 is 2.27 bits per heavy atom. The van der Waals surface area contributed by atoms with Crippen LogP contribution in [-0.4, -0.2) is 31.6 Å². The SMILES string of the molecule is CN(CCCN)CC(Cl)=CCl. The molecule has 2 nitrogen and oxygen atoms in total. The molecule has 0 aliphatic rings. The Morgan fingerprint density at radius 3 is 2.73 bits per heavy atom. The summed E-state index contributed by atoms with van der Waals surface area (Å²) >= 11 is 11.1. The molecule has 0 aromatic carbocycles. The second-order valence-corrected chi connectivity index (χ2v) is 3.14. The molecule has 0 aliphatic carbocycles. The zero-order valence-electron chi connectivity index (χ0n) is 6.69. The first-order chi connectivity index (χ1) is 5.20. The average Bonchev–Trinajstić information content (AvgIpc) is 2.00. The Labute approximate surface area is 77.9 Å². The highest BCUT2D eigenvalue weighted by atomic mass is 35.5. The molecule has 0 aromatic rings. The second-order valence-electron chi connectivity index (χ2n) is 2.44. The second kappa shape index (κ2) is 6.92. The van der Waals surface area contributed by atoms with Gasteiger partial charge >= 0.3 is 0 Å². The Morgan fingerprint density at radius 1 is 1.64 bits per heavy atom. The first-order valence-electron chi connectivity index (χ1n) is 3.54. The van der Waals surface area contributed by atoms with Crippen molar-refractivity contribution in [3.63, 3.8) is 0 Å². The largest absolute Gasteiger partial charge is 0.330 e. The summed E-state index contributed by atoms with van der Waals surface area (Å²) < 4.78 is 0. The van der Waals surface area contributed by atoms with Gasteiger partial charge in [0.15, 0.2) is 0 Å². The van der Waals surface area contributed by atoms with E-state index in [1.165, 1.54) is 5.54 Å². The molecule has 0 spiro atoms. The molecule has 0 saturated heterocycles. The van der Waals surface area contributed by atoms with E-state index in [1.54, 1.807) is 0 Å².